The molecule has 194 valence electrons. The first-order valence-electron chi connectivity index (χ1n) is 12.6. The lowest BCUT2D eigenvalue weighted by atomic mass is 9.66. The molecule has 0 fully saturated rings. The van der Waals surface area contributed by atoms with Gasteiger partial charge in [-0.05, 0) is 62.9 Å². The molecule has 4 rings (SSSR count). The largest absolute Gasteiger partial charge is 0.497 e. The zero-order valence-electron chi connectivity index (χ0n) is 21.9. The second kappa shape index (κ2) is 11.0. The number of Topliss-reactive ketones (excluding diaryl/α,β-unsaturated/α-hetero) is 1. The molecule has 0 radical (unpaired) electrons. The molecule has 0 saturated carbocycles. The number of hydrogen-bond acceptors (Lipinski definition) is 7. The van der Waals surface area contributed by atoms with Crippen molar-refractivity contribution in [2.75, 3.05) is 20.3 Å². The van der Waals surface area contributed by atoms with Crippen LogP contribution < -0.4 is 10.1 Å². The quantitative estimate of drug-likeness (QED) is 0.432. The van der Waals surface area contributed by atoms with E-state index in [0.29, 0.717) is 34.7 Å². The number of ether oxygens (including phenoxy) is 3. The normalized spacial score (nSPS) is 21.2. The van der Waals surface area contributed by atoms with Crippen LogP contribution in [0.5, 0.6) is 5.75 Å². The Balaban J connectivity index is 1.90. The van der Waals surface area contributed by atoms with Crippen LogP contribution in [0, 0.1) is 12.8 Å². The number of allylic oxidation sites excluding steroid dienone is 3. The van der Waals surface area contributed by atoms with Gasteiger partial charge in [0.2, 0.25) is 0 Å². The lowest BCUT2D eigenvalue weighted by Gasteiger charge is -2.39. The van der Waals surface area contributed by atoms with E-state index in [0.717, 1.165) is 16.7 Å². The maximum absolute atomic E-state index is 14.3. The van der Waals surface area contributed by atoms with E-state index in [4.69, 9.17) is 14.2 Å². The van der Waals surface area contributed by atoms with Crippen LogP contribution in [0.3, 0.4) is 0 Å². The molecular formula is C30H33NO6. The van der Waals surface area contributed by atoms with Crippen molar-refractivity contribution in [1.82, 2.24) is 5.32 Å². The summed E-state index contributed by atoms with van der Waals surface area (Å²) in [7, 11) is 1.59. The fourth-order valence-electron chi connectivity index (χ4n) is 5.40. The fraction of sp³-hybridized carbons (Fsp3) is 0.367. The molecule has 2 aliphatic rings. The van der Waals surface area contributed by atoms with Gasteiger partial charge in [-0.25, -0.2) is 4.79 Å². The van der Waals surface area contributed by atoms with E-state index in [2.05, 4.69) is 5.32 Å². The van der Waals surface area contributed by atoms with Crippen molar-refractivity contribution in [1.29, 1.82) is 0 Å². The molecule has 0 unspecified atom stereocenters. The highest BCUT2D eigenvalue weighted by Crippen LogP contribution is 2.48. The van der Waals surface area contributed by atoms with Gasteiger partial charge in [0.1, 0.15) is 11.7 Å². The third kappa shape index (κ3) is 4.90. The Labute approximate surface area is 217 Å². The molecule has 7 nitrogen and oxygen atoms in total. The van der Waals surface area contributed by atoms with Gasteiger partial charge in [0.05, 0.1) is 25.9 Å². The van der Waals surface area contributed by atoms with Crippen LogP contribution >= 0.6 is 0 Å². The Morgan fingerprint density at radius 1 is 0.973 bits per heavy atom. The molecule has 1 aliphatic heterocycles. The van der Waals surface area contributed by atoms with Gasteiger partial charge in [-0.1, -0.05) is 36.4 Å². The summed E-state index contributed by atoms with van der Waals surface area (Å²) in [4.78, 5) is 40.8. The lowest BCUT2D eigenvalue weighted by molar-refractivity contribution is -0.152. The number of nitrogens with one attached hydrogen (secondary N) is 1. The summed E-state index contributed by atoms with van der Waals surface area (Å²) in [6.07, 6.45) is 0.409. The predicted molar refractivity (Wildman–Crippen MR) is 139 cm³/mol. The number of esters is 2. The second-order valence-corrected chi connectivity index (χ2v) is 9.24. The van der Waals surface area contributed by atoms with E-state index in [-0.39, 0.29) is 19.0 Å². The molecule has 37 heavy (non-hydrogen) atoms. The average Bonchev–Trinajstić information content (AvgIpc) is 2.88. The number of benzene rings is 2. The third-order valence-corrected chi connectivity index (χ3v) is 7.10. The zero-order chi connectivity index (χ0) is 26.7. The number of aryl methyl sites for hydroxylation is 1. The molecule has 0 aromatic heterocycles. The van der Waals surface area contributed by atoms with Gasteiger partial charge < -0.3 is 19.5 Å². The summed E-state index contributed by atoms with van der Waals surface area (Å²) in [6.45, 7) is 7.62. The molecule has 0 bridgehead atoms. The number of hydrogen-bond donors (Lipinski definition) is 1. The van der Waals surface area contributed by atoms with Gasteiger partial charge >= 0.3 is 11.9 Å². The maximum atomic E-state index is 14.3. The SMILES string of the molecule is CCOC(=O)C1=C(C)NC2=C(C(=O)[C@H](C(=O)OCC)[C@H](c3ccc(OC)cc3)C2)[C@@H]1c1ccccc1C. The van der Waals surface area contributed by atoms with Gasteiger partial charge in [-0.3, -0.25) is 9.59 Å². The highest BCUT2D eigenvalue weighted by atomic mass is 16.5. The standard InChI is InChI=1S/C30H33NO6/c1-6-36-29(33)24-18(4)31-23-16-22(19-12-14-20(35-5)15-13-19)26(30(34)37-7-2)28(32)27(23)25(24)21-11-9-8-10-17(21)3/h8-15,22,25-26,31H,6-7,16H2,1-5H3/t22-,25+,26+/m0/s1. The van der Waals surface area contributed by atoms with E-state index in [1.54, 1.807) is 21.0 Å². The first kappa shape index (κ1) is 26.2. The van der Waals surface area contributed by atoms with Crippen molar-refractivity contribution in [3.05, 3.63) is 87.8 Å². The molecule has 0 saturated heterocycles. The average molecular weight is 504 g/mol. The van der Waals surface area contributed by atoms with Crippen LogP contribution in [0.4, 0.5) is 0 Å². The number of methoxy groups -OCH3 is 1. The summed E-state index contributed by atoms with van der Waals surface area (Å²) in [6, 6.07) is 15.1. The Morgan fingerprint density at radius 3 is 2.27 bits per heavy atom. The first-order chi connectivity index (χ1) is 17.8. The number of dihydropyridines is 1. The van der Waals surface area contributed by atoms with Crippen LogP contribution in [0.1, 0.15) is 55.7 Å². The molecule has 1 N–H and O–H groups in total. The highest BCUT2D eigenvalue weighted by molar-refractivity contribution is 6.13. The molecule has 1 aliphatic carbocycles. The Morgan fingerprint density at radius 2 is 1.65 bits per heavy atom. The maximum Gasteiger partial charge on any atom is 0.336 e. The van der Waals surface area contributed by atoms with Crippen molar-refractivity contribution in [3.8, 4) is 5.75 Å². The molecule has 0 spiro atoms. The number of rotatable bonds is 7. The van der Waals surface area contributed by atoms with Crippen LogP contribution in [0.25, 0.3) is 0 Å². The topological polar surface area (TPSA) is 90.9 Å². The monoisotopic (exact) mass is 503 g/mol. The minimum absolute atomic E-state index is 0.163. The summed E-state index contributed by atoms with van der Waals surface area (Å²) in [5.41, 5.74) is 4.77. The van der Waals surface area contributed by atoms with Gasteiger partial charge in [0.25, 0.3) is 0 Å². The highest BCUT2D eigenvalue weighted by Gasteiger charge is 2.49. The molecule has 2 aromatic carbocycles. The van der Waals surface area contributed by atoms with E-state index < -0.39 is 29.7 Å². The molecular weight excluding hydrogens is 470 g/mol. The van der Waals surface area contributed by atoms with E-state index in [1.165, 1.54) is 0 Å². The Kier molecular flexibility index (Phi) is 7.81. The molecule has 7 heteroatoms. The predicted octanol–water partition coefficient (Wildman–Crippen LogP) is 4.72. The molecule has 1 heterocycles. The summed E-state index contributed by atoms with van der Waals surface area (Å²) < 4.78 is 16.1. The summed E-state index contributed by atoms with van der Waals surface area (Å²) in [5.74, 6) is -2.82. The number of ketones is 1. The van der Waals surface area contributed by atoms with Crippen molar-refractivity contribution in [2.45, 2.75) is 46.0 Å². The van der Waals surface area contributed by atoms with Crippen molar-refractivity contribution in [3.63, 3.8) is 0 Å². The summed E-state index contributed by atoms with van der Waals surface area (Å²) in [5, 5.41) is 3.33. The Bertz CT molecular complexity index is 1270. The first-order valence-corrected chi connectivity index (χ1v) is 12.6. The van der Waals surface area contributed by atoms with E-state index in [1.807, 2.05) is 62.4 Å². The van der Waals surface area contributed by atoms with Gasteiger partial charge in [-0.15, -0.1) is 0 Å². The lowest BCUT2D eigenvalue weighted by Crippen LogP contribution is -2.43. The zero-order valence-corrected chi connectivity index (χ0v) is 21.9. The van der Waals surface area contributed by atoms with Crippen molar-refractivity contribution >= 4 is 17.7 Å². The minimum atomic E-state index is -1.04. The number of carbonyl (C=O) groups is 3. The van der Waals surface area contributed by atoms with Gasteiger partial charge in [0, 0.05) is 28.8 Å². The van der Waals surface area contributed by atoms with Crippen LogP contribution in [0.2, 0.25) is 0 Å². The molecule has 0 amide bonds. The van der Waals surface area contributed by atoms with Crippen LogP contribution in [0.15, 0.2) is 71.1 Å². The van der Waals surface area contributed by atoms with E-state index in [9.17, 15) is 14.4 Å². The van der Waals surface area contributed by atoms with Gasteiger partial charge in [-0.2, -0.15) is 0 Å². The van der Waals surface area contributed by atoms with E-state index >= 15 is 0 Å². The second-order valence-electron chi connectivity index (χ2n) is 9.24. The van der Waals surface area contributed by atoms with Crippen LogP contribution in [-0.2, 0) is 23.9 Å². The van der Waals surface area contributed by atoms with Crippen molar-refractivity contribution < 1.29 is 28.6 Å². The molecule has 3 atom stereocenters. The fourth-order valence-corrected chi connectivity index (χ4v) is 5.40. The Hall–Kier alpha value is -3.87. The van der Waals surface area contributed by atoms with Crippen LogP contribution in [-0.4, -0.2) is 38.0 Å². The van der Waals surface area contributed by atoms with Crippen molar-refractivity contribution in [2.24, 2.45) is 5.92 Å². The number of carbonyl (C=O) groups excluding carboxylic acids is 3. The summed E-state index contributed by atoms with van der Waals surface area (Å²) >= 11 is 0. The minimum Gasteiger partial charge on any atom is -0.497 e. The third-order valence-electron chi connectivity index (χ3n) is 7.10. The van der Waals surface area contributed by atoms with Gasteiger partial charge in [0.15, 0.2) is 5.78 Å². The molecule has 2 aromatic rings. The smallest absolute Gasteiger partial charge is 0.336 e.